The van der Waals surface area contributed by atoms with Gasteiger partial charge in [0.2, 0.25) is 5.91 Å². The molecule has 2 aliphatic rings. The van der Waals surface area contributed by atoms with Gasteiger partial charge in [-0.2, -0.15) is 0 Å². The van der Waals surface area contributed by atoms with E-state index in [1.165, 1.54) is 0 Å². The van der Waals surface area contributed by atoms with Gasteiger partial charge in [-0.15, -0.1) is 10.2 Å². The lowest BCUT2D eigenvalue weighted by Crippen LogP contribution is -2.52. The van der Waals surface area contributed by atoms with Gasteiger partial charge in [0.15, 0.2) is 5.82 Å². The molecule has 0 bridgehead atoms. The van der Waals surface area contributed by atoms with Crippen molar-refractivity contribution in [2.75, 3.05) is 44.3 Å². The molecule has 3 heterocycles. The first-order chi connectivity index (χ1) is 13.7. The normalized spacial score (nSPS) is 20.8. The maximum atomic E-state index is 12.6. The molecular weight excluding hydrogens is 378 g/mol. The number of hydrogen-bond donors (Lipinski definition) is 1. The number of ether oxygens (including phenoxy) is 1. The summed E-state index contributed by atoms with van der Waals surface area (Å²) in [7, 11) is 0. The second kappa shape index (κ2) is 8.86. The van der Waals surface area contributed by atoms with Gasteiger partial charge in [-0.3, -0.25) is 10.2 Å². The van der Waals surface area contributed by atoms with Gasteiger partial charge in [0.05, 0.1) is 24.8 Å². The number of rotatable bonds is 4. The van der Waals surface area contributed by atoms with Crippen molar-refractivity contribution >= 4 is 23.3 Å². The Balaban J connectivity index is 1.38. The summed E-state index contributed by atoms with van der Waals surface area (Å²) in [4.78, 5) is 14.8. The highest BCUT2D eigenvalue weighted by Gasteiger charge is 2.28. The Morgan fingerprint density at radius 2 is 1.86 bits per heavy atom. The van der Waals surface area contributed by atoms with Crippen LogP contribution < -0.4 is 10.3 Å². The Kier molecular flexibility index (Phi) is 6.04. The maximum absolute atomic E-state index is 12.6. The monoisotopic (exact) mass is 401 g/mol. The van der Waals surface area contributed by atoms with Crippen LogP contribution in [0.3, 0.4) is 0 Å². The topological polar surface area (TPSA) is 70.6 Å². The van der Waals surface area contributed by atoms with Gasteiger partial charge < -0.3 is 9.64 Å². The average molecular weight is 402 g/mol. The zero-order chi connectivity index (χ0) is 19.3. The number of hydrogen-bond acceptors (Lipinski definition) is 6. The van der Waals surface area contributed by atoms with E-state index in [4.69, 9.17) is 16.3 Å². The summed E-state index contributed by atoms with van der Waals surface area (Å²) in [6, 6.07) is 11.5. The molecule has 0 spiro atoms. The Morgan fingerprint density at radius 1 is 1.07 bits per heavy atom. The molecule has 2 saturated heterocycles. The van der Waals surface area contributed by atoms with Crippen molar-refractivity contribution in [1.29, 1.82) is 0 Å². The molecule has 1 aromatic heterocycles. The van der Waals surface area contributed by atoms with E-state index < -0.39 is 0 Å². The van der Waals surface area contributed by atoms with Crippen molar-refractivity contribution in [3.05, 3.63) is 41.4 Å². The zero-order valence-electron chi connectivity index (χ0n) is 15.7. The molecule has 0 saturated carbocycles. The molecule has 2 fully saturated rings. The van der Waals surface area contributed by atoms with E-state index >= 15 is 0 Å². The molecular formula is C20H24ClN5O2. The van der Waals surface area contributed by atoms with E-state index in [-0.39, 0.29) is 11.8 Å². The second-order valence-electron chi connectivity index (χ2n) is 7.14. The fourth-order valence-corrected chi connectivity index (χ4v) is 3.72. The van der Waals surface area contributed by atoms with Crippen molar-refractivity contribution in [3.63, 3.8) is 0 Å². The minimum absolute atomic E-state index is 0.0469. The molecule has 1 amide bonds. The van der Waals surface area contributed by atoms with Gasteiger partial charge in [0.25, 0.3) is 0 Å². The fourth-order valence-electron chi connectivity index (χ4n) is 3.59. The van der Waals surface area contributed by atoms with Crippen molar-refractivity contribution in [2.45, 2.75) is 12.8 Å². The number of hydrazine groups is 1. The number of carbonyl (C=O) groups is 1. The Bertz CT molecular complexity index is 793. The number of amides is 1. The van der Waals surface area contributed by atoms with E-state index in [9.17, 15) is 4.79 Å². The van der Waals surface area contributed by atoms with Crippen LogP contribution in [0.1, 0.15) is 12.8 Å². The summed E-state index contributed by atoms with van der Waals surface area (Å²) < 4.78 is 5.33. The molecule has 7 nitrogen and oxygen atoms in total. The van der Waals surface area contributed by atoms with Crippen LogP contribution in [0.4, 0.5) is 5.82 Å². The molecule has 8 heteroatoms. The molecule has 2 aromatic rings. The lowest BCUT2D eigenvalue weighted by atomic mass is 9.97. The van der Waals surface area contributed by atoms with E-state index in [0.29, 0.717) is 24.8 Å². The number of nitrogens with zero attached hydrogens (tertiary/aromatic N) is 4. The largest absolute Gasteiger partial charge is 0.379 e. The number of carbonyl (C=O) groups excluding carboxylic acids is 1. The summed E-state index contributed by atoms with van der Waals surface area (Å²) in [5.74, 6) is 0.841. The van der Waals surface area contributed by atoms with Crippen molar-refractivity contribution in [3.8, 4) is 11.3 Å². The highest BCUT2D eigenvalue weighted by atomic mass is 35.5. The molecule has 0 radical (unpaired) electrons. The van der Waals surface area contributed by atoms with Crippen LogP contribution in [0.15, 0.2) is 36.4 Å². The maximum Gasteiger partial charge on any atom is 0.239 e. The van der Waals surface area contributed by atoms with Crippen LogP contribution in [-0.4, -0.2) is 60.5 Å². The molecule has 0 aliphatic carbocycles. The number of benzene rings is 1. The van der Waals surface area contributed by atoms with E-state index in [1.807, 2.05) is 41.4 Å². The molecule has 1 aromatic carbocycles. The Labute approximate surface area is 169 Å². The number of anilines is 1. The predicted octanol–water partition coefficient (Wildman–Crippen LogP) is 2.38. The van der Waals surface area contributed by atoms with Gasteiger partial charge in [-0.05, 0) is 37.1 Å². The minimum atomic E-state index is -0.0469. The second-order valence-corrected chi connectivity index (χ2v) is 7.58. The first-order valence-electron chi connectivity index (χ1n) is 9.67. The van der Waals surface area contributed by atoms with Crippen molar-refractivity contribution in [2.24, 2.45) is 5.92 Å². The molecule has 1 atom stereocenters. The highest BCUT2D eigenvalue weighted by molar-refractivity contribution is 6.30. The third-order valence-electron chi connectivity index (χ3n) is 5.19. The van der Waals surface area contributed by atoms with Crippen molar-refractivity contribution < 1.29 is 9.53 Å². The number of halogens is 1. The van der Waals surface area contributed by atoms with Gasteiger partial charge in [-0.1, -0.05) is 23.7 Å². The predicted molar refractivity (Wildman–Crippen MR) is 108 cm³/mol. The number of nitrogens with one attached hydrogen (secondary N) is 1. The third-order valence-corrected chi connectivity index (χ3v) is 5.44. The zero-order valence-corrected chi connectivity index (χ0v) is 16.4. The van der Waals surface area contributed by atoms with Gasteiger partial charge >= 0.3 is 0 Å². The Hall–Kier alpha value is -2.22. The van der Waals surface area contributed by atoms with Gasteiger partial charge in [0, 0.05) is 36.8 Å². The summed E-state index contributed by atoms with van der Waals surface area (Å²) in [5.41, 5.74) is 4.82. The lowest BCUT2D eigenvalue weighted by Gasteiger charge is -2.34. The van der Waals surface area contributed by atoms with Crippen LogP contribution in [0.5, 0.6) is 0 Å². The van der Waals surface area contributed by atoms with E-state index in [2.05, 4.69) is 20.5 Å². The SMILES string of the molecule is O=C(NN1CCOCC1)C1CCCN(c2ccc(-c3ccc(Cl)cc3)nn2)C1. The van der Waals surface area contributed by atoms with Gasteiger partial charge in [-0.25, -0.2) is 5.01 Å². The van der Waals surface area contributed by atoms with Gasteiger partial charge in [0.1, 0.15) is 0 Å². The van der Waals surface area contributed by atoms with Crippen LogP contribution in [0.25, 0.3) is 11.3 Å². The van der Waals surface area contributed by atoms with E-state index in [0.717, 1.165) is 49.6 Å². The number of aromatic nitrogens is 2. The molecule has 4 rings (SSSR count). The van der Waals surface area contributed by atoms with Crippen LogP contribution >= 0.6 is 11.6 Å². The lowest BCUT2D eigenvalue weighted by molar-refractivity contribution is -0.132. The number of piperidine rings is 1. The van der Waals surface area contributed by atoms with Crippen LogP contribution in [-0.2, 0) is 9.53 Å². The molecule has 28 heavy (non-hydrogen) atoms. The first-order valence-corrected chi connectivity index (χ1v) is 10.0. The summed E-state index contributed by atoms with van der Waals surface area (Å²) in [6.07, 6.45) is 1.85. The number of morpholine rings is 1. The van der Waals surface area contributed by atoms with Crippen LogP contribution in [0.2, 0.25) is 5.02 Å². The average Bonchev–Trinajstić information content (AvgIpc) is 2.75. The molecule has 148 valence electrons. The van der Waals surface area contributed by atoms with Crippen LogP contribution in [0, 0.1) is 5.92 Å². The minimum Gasteiger partial charge on any atom is -0.379 e. The Morgan fingerprint density at radius 3 is 2.57 bits per heavy atom. The quantitative estimate of drug-likeness (QED) is 0.848. The fraction of sp³-hybridized carbons (Fsp3) is 0.450. The van der Waals surface area contributed by atoms with E-state index in [1.54, 1.807) is 0 Å². The first kappa shape index (κ1) is 19.1. The highest BCUT2D eigenvalue weighted by Crippen LogP contribution is 2.24. The molecule has 1 unspecified atom stereocenters. The van der Waals surface area contributed by atoms with Crippen molar-refractivity contribution in [1.82, 2.24) is 20.6 Å². The molecule has 2 aliphatic heterocycles. The summed E-state index contributed by atoms with van der Waals surface area (Å²) in [6.45, 7) is 4.33. The standard InChI is InChI=1S/C20H24ClN5O2/c21-17-5-3-15(4-6-17)18-7-8-19(23-22-18)25-9-1-2-16(14-25)20(27)24-26-10-12-28-13-11-26/h3-8,16H,1-2,9-14H2,(H,24,27). The summed E-state index contributed by atoms with van der Waals surface area (Å²) >= 11 is 5.94. The molecule has 1 N–H and O–H groups in total. The smallest absolute Gasteiger partial charge is 0.239 e. The third kappa shape index (κ3) is 4.60. The summed E-state index contributed by atoms with van der Waals surface area (Å²) in [5, 5.41) is 11.4.